The number of halogens is 3. The number of carbonyl (C=O) groups is 1. The minimum absolute atomic E-state index is 0.00774. The molecule has 0 bridgehead atoms. The third-order valence-corrected chi connectivity index (χ3v) is 9.58. The molecule has 1 saturated heterocycles. The molecule has 0 saturated carbocycles. The van der Waals surface area contributed by atoms with Crippen molar-refractivity contribution < 1.29 is 26.4 Å². The molecule has 0 spiro atoms. The lowest BCUT2D eigenvalue weighted by atomic mass is 10.0. The number of fused-ring (bicyclic) bond motifs is 1. The molecule has 1 aromatic carbocycles. The largest absolute Gasteiger partial charge is 0.416 e. The van der Waals surface area contributed by atoms with E-state index < -0.39 is 32.7 Å². The molecule has 208 valence electrons. The Hall–Kier alpha value is -3.18. The molecule has 0 radical (unpaired) electrons. The average Bonchev–Trinajstić information content (AvgIpc) is 3.34. The van der Waals surface area contributed by atoms with Crippen molar-refractivity contribution >= 4 is 15.9 Å². The van der Waals surface area contributed by atoms with Gasteiger partial charge in [-0.25, -0.2) is 8.42 Å². The van der Waals surface area contributed by atoms with Crippen molar-refractivity contribution in [2.45, 2.75) is 68.7 Å². The Balaban J connectivity index is 1.25. The zero-order valence-corrected chi connectivity index (χ0v) is 22.3. The summed E-state index contributed by atoms with van der Waals surface area (Å²) in [5.41, 5.74) is 2.45. The molecule has 1 amide bonds. The molecule has 0 aliphatic carbocycles. The van der Waals surface area contributed by atoms with E-state index in [1.807, 2.05) is 18.2 Å². The number of aryl methyl sites for hydroxylation is 2. The summed E-state index contributed by atoms with van der Waals surface area (Å²) in [6.07, 6.45) is 2.55. The van der Waals surface area contributed by atoms with Crippen molar-refractivity contribution in [1.82, 2.24) is 18.8 Å². The van der Waals surface area contributed by atoms with Crippen LogP contribution >= 0.6 is 0 Å². The first-order chi connectivity index (χ1) is 18.6. The predicted molar refractivity (Wildman–Crippen MR) is 139 cm³/mol. The van der Waals surface area contributed by atoms with Crippen molar-refractivity contribution in [3.63, 3.8) is 0 Å². The summed E-state index contributed by atoms with van der Waals surface area (Å²) in [5.74, 6) is -0.142. The highest BCUT2D eigenvalue weighted by atomic mass is 32.2. The van der Waals surface area contributed by atoms with Crippen molar-refractivity contribution in [1.29, 1.82) is 0 Å². The van der Waals surface area contributed by atoms with E-state index in [-0.39, 0.29) is 18.9 Å². The number of sulfonamides is 1. The molecule has 2 aliphatic heterocycles. The van der Waals surface area contributed by atoms with Gasteiger partial charge in [-0.05, 0) is 73.7 Å². The number of benzene rings is 1. The molecule has 1 unspecified atom stereocenters. The first kappa shape index (κ1) is 27.4. The molecule has 1 atom stereocenters. The maximum absolute atomic E-state index is 13.4. The SMILES string of the molecule is O=C(CC1CCCCN1S(=O)(=O)c1cccc(C(F)(F)F)c1)N1CCn2c(CCc3ccncc3)ccc2C1. The van der Waals surface area contributed by atoms with Gasteiger partial charge in [-0.15, -0.1) is 0 Å². The summed E-state index contributed by atoms with van der Waals surface area (Å²) in [6.45, 7) is 1.81. The summed E-state index contributed by atoms with van der Waals surface area (Å²) in [4.78, 5) is 18.7. The Bertz CT molecular complexity index is 1420. The number of aromatic nitrogens is 2. The first-order valence-electron chi connectivity index (χ1n) is 13.2. The number of alkyl halides is 3. The number of amides is 1. The van der Waals surface area contributed by atoms with E-state index in [2.05, 4.69) is 15.6 Å². The summed E-state index contributed by atoms with van der Waals surface area (Å²) in [6, 6.07) is 11.4. The van der Waals surface area contributed by atoms with Gasteiger partial charge in [-0.3, -0.25) is 9.78 Å². The Morgan fingerprint density at radius 2 is 1.77 bits per heavy atom. The lowest BCUT2D eigenvalue weighted by Gasteiger charge is -2.36. The summed E-state index contributed by atoms with van der Waals surface area (Å²) < 4.78 is 69.9. The van der Waals surface area contributed by atoms with Gasteiger partial charge in [0.05, 0.1) is 17.0 Å². The van der Waals surface area contributed by atoms with E-state index in [9.17, 15) is 26.4 Å². The van der Waals surface area contributed by atoms with Crippen molar-refractivity contribution in [3.05, 3.63) is 83.4 Å². The molecule has 2 aliphatic rings. The highest BCUT2D eigenvalue weighted by molar-refractivity contribution is 7.89. The van der Waals surface area contributed by atoms with E-state index in [0.717, 1.165) is 37.1 Å². The van der Waals surface area contributed by atoms with Gasteiger partial charge in [0.15, 0.2) is 0 Å². The van der Waals surface area contributed by atoms with Crippen molar-refractivity contribution in [3.8, 4) is 0 Å². The lowest BCUT2D eigenvalue weighted by Crippen LogP contribution is -2.47. The van der Waals surface area contributed by atoms with Crippen LogP contribution in [0.15, 0.2) is 65.8 Å². The van der Waals surface area contributed by atoms with Crippen LogP contribution in [-0.4, -0.2) is 52.2 Å². The molecule has 1 fully saturated rings. The third-order valence-electron chi connectivity index (χ3n) is 7.63. The topological polar surface area (TPSA) is 75.5 Å². The first-order valence-corrected chi connectivity index (χ1v) is 14.6. The standard InChI is InChI=1S/C28H31F3N4O3S/c29-28(30,31)22-4-3-6-26(18-22)39(37,38)35-15-2-1-5-24(35)19-27(36)33-16-17-34-23(9-10-25(34)20-33)8-7-21-11-13-32-14-12-21/h3-4,6,9-14,18,24H,1-2,5,7-8,15-17,19-20H2. The van der Waals surface area contributed by atoms with Crippen LogP contribution in [0.25, 0.3) is 0 Å². The fraction of sp³-hybridized carbons (Fsp3) is 0.429. The van der Waals surface area contributed by atoms with E-state index in [1.165, 1.54) is 21.6 Å². The molecule has 3 aromatic rings. The average molecular weight is 561 g/mol. The Kier molecular flexibility index (Phi) is 7.82. The Morgan fingerprint density at radius 3 is 2.54 bits per heavy atom. The third kappa shape index (κ3) is 6.04. The normalized spacial score (nSPS) is 18.6. The van der Waals surface area contributed by atoms with Gasteiger partial charge in [-0.2, -0.15) is 17.5 Å². The van der Waals surface area contributed by atoms with Crippen LogP contribution in [0.3, 0.4) is 0 Å². The van der Waals surface area contributed by atoms with Gasteiger partial charge in [0.25, 0.3) is 0 Å². The quantitative estimate of drug-likeness (QED) is 0.421. The molecule has 5 rings (SSSR count). The van der Waals surface area contributed by atoms with E-state index in [0.29, 0.717) is 38.5 Å². The molecule has 4 heterocycles. The van der Waals surface area contributed by atoms with Gasteiger partial charge in [0, 0.05) is 55.9 Å². The summed E-state index contributed by atoms with van der Waals surface area (Å²) >= 11 is 0. The highest BCUT2D eigenvalue weighted by Crippen LogP contribution is 2.33. The highest BCUT2D eigenvalue weighted by Gasteiger charge is 2.38. The number of rotatable bonds is 7. The number of hydrogen-bond acceptors (Lipinski definition) is 4. The maximum Gasteiger partial charge on any atom is 0.416 e. The van der Waals surface area contributed by atoms with Gasteiger partial charge in [-0.1, -0.05) is 12.5 Å². The van der Waals surface area contributed by atoms with Gasteiger partial charge >= 0.3 is 6.18 Å². The second kappa shape index (κ2) is 11.1. The van der Waals surface area contributed by atoms with Gasteiger partial charge in [0.2, 0.25) is 15.9 Å². The molecular formula is C28H31F3N4O3S. The Morgan fingerprint density at radius 1 is 0.974 bits per heavy atom. The van der Waals surface area contributed by atoms with Crippen LogP contribution in [0, 0.1) is 0 Å². The maximum atomic E-state index is 13.4. The monoisotopic (exact) mass is 560 g/mol. The number of piperidine rings is 1. The van der Waals surface area contributed by atoms with Crippen LogP contribution < -0.4 is 0 Å². The second-order valence-electron chi connectivity index (χ2n) is 10.1. The fourth-order valence-electron chi connectivity index (χ4n) is 5.52. The molecule has 2 aromatic heterocycles. The number of carbonyl (C=O) groups excluding carboxylic acids is 1. The van der Waals surface area contributed by atoms with E-state index in [1.54, 1.807) is 17.3 Å². The van der Waals surface area contributed by atoms with Crippen LogP contribution in [0.4, 0.5) is 13.2 Å². The van der Waals surface area contributed by atoms with Crippen molar-refractivity contribution in [2.75, 3.05) is 13.1 Å². The zero-order chi connectivity index (χ0) is 27.6. The smallest absolute Gasteiger partial charge is 0.345 e. The molecule has 39 heavy (non-hydrogen) atoms. The van der Waals surface area contributed by atoms with Crippen molar-refractivity contribution in [2.24, 2.45) is 0 Å². The van der Waals surface area contributed by atoms with Crippen LogP contribution in [0.5, 0.6) is 0 Å². The van der Waals surface area contributed by atoms with E-state index in [4.69, 9.17) is 0 Å². The number of hydrogen-bond donors (Lipinski definition) is 0. The van der Waals surface area contributed by atoms with Crippen LogP contribution in [0.1, 0.15) is 48.2 Å². The minimum Gasteiger partial charge on any atom is -0.345 e. The Labute approximate surface area is 226 Å². The zero-order valence-electron chi connectivity index (χ0n) is 21.5. The summed E-state index contributed by atoms with van der Waals surface area (Å²) in [7, 11) is -4.19. The second-order valence-corrected chi connectivity index (χ2v) is 12.0. The number of nitrogens with zero attached hydrogens (tertiary/aromatic N) is 4. The molecular weight excluding hydrogens is 529 g/mol. The van der Waals surface area contributed by atoms with E-state index >= 15 is 0 Å². The number of pyridine rings is 1. The summed E-state index contributed by atoms with van der Waals surface area (Å²) in [5, 5.41) is 0. The van der Waals surface area contributed by atoms with Crippen LogP contribution in [0.2, 0.25) is 0 Å². The lowest BCUT2D eigenvalue weighted by molar-refractivity contribution is -0.137. The fourth-order valence-corrected chi connectivity index (χ4v) is 7.26. The minimum atomic E-state index is -4.65. The van der Waals surface area contributed by atoms with Crippen LogP contribution in [-0.2, 0) is 46.9 Å². The predicted octanol–water partition coefficient (Wildman–Crippen LogP) is 4.66. The molecule has 11 heteroatoms. The van der Waals surface area contributed by atoms with Gasteiger partial charge in [0.1, 0.15) is 0 Å². The van der Waals surface area contributed by atoms with Gasteiger partial charge < -0.3 is 9.47 Å². The molecule has 7 nitrogen and oxygen atoms in total. The molecule has 0 N–H and O–H groups in total.